The molecular formula is C32H21OP. The normalized spacial score (nSPS) is 16.5. The fraction of sp³-hybridized carbons (Fsp3) is 0. The van der Waals surface area contributed by atoms with Gasteiger partial charge in [0.15, 0.2) is 7.14 Å². The van der Waals surface area contributed by atoms with E-state index in [0.717, 1.165) is 43.4 Å². The molecule has 0 fully saturated rings. The third kappa shape index (κ3) is 2.59. The highest BCUT2D eigenvalue weighted by atomic mass is 31.2. The Morgan fingerprint density at radius 2 is 1.00 bits per heavy atom. The highest BCUT2D eigenvalue weighted by Gasteiger charge is 2.38. The molecule has 1 heterocycles. The first-order chi connectivity index (χ1) is 16.8. The second-order valence-corrected chi connectivity index (χ2v) is 11.6. The monoisotopic (exact) mass is 452 g/mol. The van der Waals surface area contributed by atoms with Gasteiger partial charge in [-0.1, -0.05) is 121 Å². The average Bonchev–Trinajstić information content (AvgIpc) is 3.01. The van der Waals surface area contributed by atoms with Crippen LogP contribution in [0.15, 0.2) is 127 Å². The first-order valence-corrected chi connectivity index (χ1v) is 13.3. The minimum atomic E-state index is -3.15. The third-order valence-corrected chi connectivity index (χ3v) is 10.2. The van der Waals surface area contributed by atoms with Crippen molar-refractivity contribution in [3.63, 3.8) is 0 Å². The van der Waals surface area contributed by atoms with Crippen LogP contribution < -0.4 is 15.9 Å². The standard InChI is InChI=1S/C32H21OP/c33-34(24-12-2-1-3-13-24)29-17-9-8-16-27(29)28-20-18-22-10-4-6-14-25(22)31(28)32-26-15-7-5-11-23(26)19-21-30(32)34/h1-21H. The summed E-state index contributed by atoms with van der Waals surface area (Å²) in [6.45, 7) is 0. The van der Waals surface area contributed by atoms with Gasteiger partial charge in [0.25, 0.3) is 0 Å². The maximum absolute atomic E-state index is 15.5. The fourth-order valence-electron chi connectivity index (χ4n) is 5.57. The topological polar surface area (TPSA) is 17.1 Å². The van der Waals surface area contributed by atoms with Gasteiger partial charge in [-0.05, 0) is 44.3 Å². The summed E-state index contributed by atoms with van der Waals surface area (Å²) in [7, 11) is -3.15. The van der Waals surface area contributed by atoms with Crippen molar-refractivity contribution in [1.29, 1.82) is 0 Å². The largest absolute Gasteiger partial charge is 0.309 e. The Hall–Kier alpha value is -3.93. The zero-order valence-corrected chi connectivity index (χ0v) is 19.4. The molecule has 0 saturated carbocycles. The lowest BCUT2D eigenvalue weighted by atomic mass is 9.87. The van der Waals surface area contributed by atoms with Crippen molar-refractivity contribution in [2.45, 2.75) is 0 Å². The van der Waals surface area contributed by atoms with Crippen molar-refractivity contribution in [2.75, 3.05) is 0 Å². The molecule has 160 valence electrons. The fourth-order valence-corrected chi connectivity index (χ4v) is 8.64. The van der Waals surface area contributed by atoms with Gasteiger partial charge in [-0.15, -0.1) is 0 Å². The number of hydrogen-bond donors (Lipinski definition) is 0. The van der Waals surface area contributed by atoms with E-state index in [4.69, 9.17) is 0 Å². The van der Waals surface area contributed by atoms with Gasteiger partial charge in [0.05, 0.1) is 0 Å². The zero-order chi connectivity index (χ0) is 22.7. The zero-order valence-electron chi connectivity index (χ0n) is 18.5. The van der Waals surface area contributed by atoms with E-state index in [-0.39, 0.29) is 0 Å². The van der Waals surface area contributed by atoms with Crippen molar-refractivity contribution in [3.8, 4) is 22.3 Å². The SMILES string of the molecule is O=P1(c2ccccc2)c2ccccc2-c2ccc3ccccc3c2-c2c1ccc1ccccc21. The molecule has 7 rings (SSSR count). The van der Waals surface area contributed by atoms with Crippen LogP contribution >= 0.6 is 7.14 Å². The Balaban J connectivity index is 1.79. The van der Waals surface area contributed by atoms with E-state index in [1.54, 1.807) is 0 Å². The van der Waals surface area contributed by atoms with Gasteiger partial charge in [-0.2, -0.15) is 0 Å². The summed E-state index contributed by atoms with van der Waals surface area (Å²) >= 11 is 0. The van der Waals surface area contributed by atoms with Gasteiger partial charge >= 0.3 is 0 Å². The summed E-state index contributed by atoms with van der Waals surface area (Å²) in [5, 5.41) is 7.37. The third-order valence-electron chi connectivity index (χ3n) is 7.08. The van der Waals surface area contributed by atoms with Crippen LogP contribution in [0.25, 0.3) is 43.8 Å². The summed E-state index contributed by atoms with van der Waals surface area (Å²) in [6.07, 6.45) is 0. The molecule has 0 radical (unpaired) electrons. The van der Waals surface area contributed by atoms with Gasteiger partial charge in [0.2, 0.25) is 0 Å². The summed E-state index contributed by atoms with van der Waals surface area (Å²) in [4.78, 5) is 0. The molecule has 1 unspecified atom stereocenters. The number of hydrogen-bond acceptors (Lipinski definition) is 1. The van der Waals surface area contributed by atoms with E-state index in [2.05, 4.69) is 91.0 Å². The first kappa shape index (κ1) is 19.5. The quantitative estimate of drug-likeness (QED) is 0.239. The molecule has 1 aliphatic rings. The van der Waals surface area contributed by atoms with Crippen LogP contribution in [0.1, 0.15) is 0 Å². The first-order valence-electron chi connectivity index (χ1n) is 11.6. The molecule has 0 N–H and O–H groups in total. The molecule has 0 aromatic heterocycles. The van der Waals surface area contributed by atoms with Crippen molar-refractivity contribution >= 4 is 44.6 Å². The lowest BCUT2D eigenvalue weighted by Crippen LogP contribution is -2.26. The van der Waals surface area contributed by atoms with Crippen molar-refractivity contribution in [3.05, 3.63) is 127 Å². The Labute approximate surface area is 198 Å². The van der Waals surface area contributed by atoms with Crippen LogP contribution in [-0.2, 0) is 4.57 Å². The minimum Gasteiger partial charge on any atom is -0.309 e. The lowest BCUT2D eigenvalue weighted by Gasteiger charge is -2.23. The minimum absolute atomic E-state index is 0.871. The van der Waals surface area contributed by atoms with E-state index < -0.39 is 7.14 Å². The number of benzene rings is 6. The van der Waals surface area contributed by atoms with Crippen molar-refractivity contribution in [1.82, 2.24) is 0 Å². The van der Waals surface area contributed by atoms with E-state index in [1.165, 1.54) is 16.3 Å². The molecule has 34 heavy (non-hydrogen) atoms. The second kappa shape index (κ2) is 7.29. The van der Waals surface area contributed by atoms with Gasteiger partial charge < -0.3 is 4.57 Å². The van der Waals surface area contributed by atoms with Crippen molar-refractivity contribution < 1.29 is 4.57 Å². The maximum atomic E-state index is 15.5. The summed E-state index contributed by atoms with van der Waals surface area (Å²) in [5.41, 5.74) is 4.45. The summed E-state index contributed by atoms with van der Waals surface area (Å²) < 4.78 is 15.5. The van der Waals surface area contributed by atoms with E-state index in [1.807, 2.05) is 36.4 Å². The molecule has 6 aromatic carbocycles. The number of fused-ring (bicyclic) bond motifs is 9. The highest BCUT2D eigenvalue weighted by Crippen LogP contribution is 2.54. The van der Waals surface area contributed by atoms with Crippen LogP contribution in [0.3, 0.4) is 0 Å². The van der Waals surface area contributed by atoms with Crippen LogP contribution in [0.2, 0.25) is 0 Å². The Morgan fingerprint density at radius 1 is 0.412 bits per heavy atom. The van der Waals surface area contributed by atoms with Gasteiger partial charge in [0, 0.05) is 21.5 Å². The predicted molar refractivity (Wildman–Crippen MR) is 145 cm³/mol. The molecule has 0 bridgehead atoms. The van der Waals surface area contributed by atoms with Crippen LogP contribution in [0.4, 0.5) is 0 Å². The lowest BCUT2D eigenvalue weighted by molar-refractivity contribution is 0.592. The average molecular weight is 452 g/mol. The highest BCUT2D eigenvalue weighted by molar-refractivity contribution is 7.85. The summed E-state index contributed by atoms with van der Waals surface area (Å²) in [6, 6.07) is 43.9. The molecule has 1 atom stereocenters. The van der Waals surface area contributed by atoms with E-state index >= 15 is 4.57 Å². The van der Waals surface area contributed by atoms with E-state index in [0.29, 0.717) is 0 Å². The van der Waals surface area contributed by atoms with Gasteiger partial charge in [0.1, 0.15) is 0 Å². The smallest absolute Gasteiger partial charge is 0.172 e. The van der Waals surface area contributed by atoms with Crippen LogP contribution in [0.5, 0.6) is 0 Å². The predicted octanol–water partition coefficient (Wildman–Crippen LogP) is 7.28. The Morgan fingerprint density at radius 3 is 1.76 bits per heavy atom. The maximum Gasteiger partial charge on any atom is 0.172 e. The molecule has 0 aliphatic carbocycles. The van der Waals surface area contributed by atoms with Gasteiger partial charge in [-0.25, -0.2) is 0 Å². The molecule has 1 aliphatic heterocycles. The van der Waals surface area contributed by atoms with Crippen LogP contribution in [-0.4, -0.2) is 0 Å². The van der Waals surface area contributed by atoms with Crippen molar-refractivity contribution in [2.24, 2.45) is 0 Å². The van der Waals surface area contributed by atoms with Gasteiger partial charge in [-0.3, -0.25) is 0 Å². The molecule has 6 aromatic rings. The molecule has 2 heteroatoms. The second-order valence-electron chi connectivity index (χ2n) is 8.85. The number of rotatable bonds is 1. The molecular weight excluding hydrogens is 431 g/mol. The molecule has 1 nitrogen and oxygen atoms in total. The molecule has 0 spiro atoms. The summed E-state index contributed by atoms with van der Waals surface area (Å²) in [5.74, 6) is 0. The molecule has 0 saturated heterocycles. The van der Waals surface area contributed by atoms with E-state index in [9.17, 15) is 0 Å². The Kier molecular flexibility index (Phi) is 4.19. The Bertz CT molecular complexity index is 1780. The molecule has 0 amide bonds. The van der Waals surface area contributed by atoms with Crippen LogP contribution in [0, 0.1) is 0 Å².